The van der Waals surface area contributed by atoms with Crippen LogP contribution in [-0.4, -0.2) is 16.5 Å². The lowest BCUT2D eigenvalue weighted by Crippen LogP contribution is -2.21. The van der Waals surface area contributed by atoms with Crippen molar-refractivity contribution in [1.82, 2.24) is 5.43 Å². The first-order valence-corrected chi connectivity index (χ1v) is 7.57. The molecule has 2 aromatic rings. The molecule has 0 aliphatic rings. The maximum absolute atomic E-state index is 11.9. The molecular weight excluding hydrogens is 362 g/mol. The predicted octanol–water partition coefficient (Wildman–Crippen LogP) is 3.44. The number of nitro groups is 1. The third-order valence-corrected chi connectivity index (χ3v) is 3.63. The molecule has 7 heteroatoms. The third kappa shape index (κ3) is 5.00. The van der Waals surface area contributed by atoms with Gasteiger partial charge >= 0.3 is 0 Å². The smallest absolute Gasteiger partial charge is 0.270 e. The number of benzene rings is 2. The number of nitrogens with zero attached hydrogens (tertiary/aromatic N) is 2. The third-order valence-electron chi connectivity index (χ3n) is 3.10. The second-order valence-corrected chi connectivity index (χ2v) is 5.76. The molecule has 0 bridgehead atoms. The predicted molar refractivity (Wildman–Crippen MR) is 91.3 cm³/mol. The van der Waals surface area contributed by atoms with Gasteiger partial charge in [0.25, 0.3) is 5.69 Å². The van der Waals surface area contributed by atoms with Gasteiger partial charge in [0.2, 0.25) is 5.91 Å². The Morgan fingerprint density at radius 2 is 1.96 bits per heavy atom. The Kier molecular flexibility index (Phi) is 5.59. The Balaban J connectivity index is 2.01. The molecule has 2 rings (SSSR count). The molecule has 0 unspecified atom stereocenters. The van der Waals surface area contributed by atoms with Crippen LogP contribution in [0.4, 0.5) is 5.69 Å². The molecule has 1 amide bonds. The molecule has 1 N–H and O–H groups in total. The first kappa shape index (κ1) is 16.8. The number of nitrogens with one attached hydrogen (secondary N) is 1. The van der Waals surface area contributed by atoms with Crippen LogP contribution in [0, 0.1) is 10.1 Å². The van der Waals surface area contributed by atoms with E-state index in [-0.39, 0.29) is 18.0 Å². The second kappa shape index (κ2) is 7.64. The van der Waals surface area contributed by atoms with E-state index in [2.05, 4.69) is 26.5 Å². The maximum Gasteiger partial charge on any atom is 0.270 e. The van der Waals surface area contributed by atoms with Crippen molar-refractivity contribution in [3.05, 3.63) is 74.2 Å². The van der Waals surface area contributed by atoms with Gasteiger partial charge in [0, 0.05) is 22.2 Å². The minimum atomic E-state index is -0.469. The second-order valence-electron chi connectivity index (χ2n) is 4.84. The Labute approximate surface area is 141 Å². The zero-order valence-electron chi connectivity index (χ0n) is 12.3. The van der Waals surface area contributed by atoms with Crippen molar-refractivity contribution in [1.29, 1.82) is 0 Å². The molecule has 0 atom stereocenters. The van der Waals surface area contributed by atoms with Crippen molar-refractivity contribution in [3.63, 3.8) is 0 Å². The van der Waals surface area contributed by atoms with Crippen LogP contribution in [0.2, 0.25) is 0 Å². The summed E-state index contributed by atoms with van der Waals surface area (Å²) in [7, 11) is 0. The van der Waals surface area contributed by atoms with Gasteiger partial charge in [-0.3, -0.25) is 14.9 Å². The Hall–Kier alpha value is -2.54. The van der Waals surface area contributed by atoms with E-state index in [9.17, 15) is 14.9 Å². The van der Waals surface area contributed by atoms with E-state index in [1.54, 1.807) is 19.1 Å². The van der Waals surface area contributed by atoms with Crippen molar-refractivity contribution in [2.24, 2.45) is 5.10 Å². The Bertz CT molecular complexity index is 757. The van der Waals surface area contributed by atoms with E-state index in [0.29, 0.717) is 11.3 Å². The van der Waals surface area contributed by atoms with Crippen LogP contribution in [0.3, 0.4) is 0 Å². The molecule has 0 heterocycles. The number of amides is 1. The quantitative estimate of drug-likeness (QED) is 0.493. The highest BCUT2D eigenvalue weighted by Crippen LogP contribution is 2.14. The van der Waals surface area contributed by atoms with Crippen LogP contribution in [0.25, 0.3) is 0 Å². The largest absolute Gasteiger partial charge is 0.273 e. The van der Waals surface area contributed by atoms with Crippen LogP contribution in [-0.2, 0) is 11.2 Å². The van der Waals surface area contributed by atoms with Gasteiger partial charge in [-0.05, 0) is 24.6 Å². The highest BCUT2D eigenvalue weighted by atomic mass is 79.9. The van der Waals surface area contributed by atoms with Crippen LogP contribution in [0.5, 0.6) is 0 Å². The number of nitro benzene ring substituents is 1. The van der Waals surface area contributed by atoms with Crippen LogP contribution in [0.15, 0.2) is 58.1 Å². The lowest BCUT2D eigenvalue weighted by atomic mass is 10.1. The zero-order valence-corrected chi connectivity index (χ0v) is 13.9. The van der Waals surface area contributed by atoms with E-state index in [1.165, 1.54) is 12.1 Å². The van der Waals surface area contributed by atoms with Gasteiger partial charge in [-0.1, -0.05) is 40.2 Å². The van der Waals surface area contributed by atoms with E-state index >= 15 is 0 Å². The van der Waals surface area contributed by atoms with Gasteiger partial charge in [0.1, 0.15) is 0 Å². The molecule has 0 aromatic heterocycles. The Morgan fingerprint density at radius 3 is 2.61 bits per heavy atom. The average Bonchev–Trinajstić information content (AvgIpc) is 2.55. The van der Waals surface area contributed by atoms with Crippen molar-refractivity contribution < 1.29 is 9.72 Å². The standard InChI is InChI=1S/C16H14BrN3O3/c1-11(13-3-2-4-15(10-13)20(22)23)18-19-16(21)9-12-5-7-14(17)8-6-12/h2-8,10H,9H2,1H3,(H,19,21)/b18-11+. The van der Waals surface area contributed by atoms with Crippen LogP contribution in [0.1, 0.15) is 18.1 Å². The number of hydrogen-bond donors (Lipinski definition) is 1. The lowest BCUT2D eigenvalue weighted by molar-refractivity contribution is -0.384. The molecule has 118 valence electrons. The molecule has 0 aliphatic heterocycles. The fraction of sp³-hybridized carbons (Fsp3) is 0.125. The summed E-state index contributed by atoms with van der Waals surface area (Å²) in [6.07, 6.45) is 0.207. The summed E-state index contributed by atoms with van der Waals surface area (Å²) in [6, 6.07) is 13.5. The summed E-state index contributed by atoms with van der Waals surface area (Å²) in [4.78, 5) is 22.2. The minimum Gasteiger partial charge on any atom is -0.273 e. The maximum atomic E-state index is 11.9. The van der Waals surface area contributed by atoms with Gasteiger partial charge in [-0.2, -0.15) is 5.10 Å². The first-order valence-electron chi connectivity index (χ1n) is 6.78. The number of rotatable bonds is 5. The number of halogens is 1. The fourth-order valence-electron chi connectivity index (χ4n) is 1.88. The van der Waals surface area contributed by atoms with E-state index < -0.39 is 4.92 Å². The molecule has 2 aromatic carbocycles. The molecule has 0 saturated heterocycles. The van der Waals surface area contributed by atoms with Crippen molar-refractivity contribution in [2.45, 2.75) is 13.3 Å². The minimum absolute atomic E-state index is 0.0155. The summed E-state index contributed by atoms with van der Waals surface area (Å²) < 4.78 is 0.946. The van der Waals surface area contributed by atoms with E-state index in [4.69, 9.17) is 0 Å². The van der Waals surface area contributed by atoms with E-state index in [1.807, 2.05) is 24.3 Å². The fourth-order valence-corrected chi connectivity index (χ4v) is 2.15. The zero-order chi connectivity index (χ0) is 16.8. The molecule has 0 fully saturated rings. The number of carbonyl (C=O) groups is 1. The molecule has 0 aliphatic carbocycles. The number of hydrogen-bond acceptors (Lipinski definition) is 4. The first-order chi connectivity index (χ1) is 11.0. The molecule has 0 spiro atoms. The lowest BCUT2D eigenvalue weighted by Gasteiger charge is -2.04. The van der Waals surface area contributed by atoms with Gasteiger partial charge in [-0.25, -0.2) is 5.43 Å². The SMILES string of the molecule is C/C(=N\NC(=O)Cc1ccc(Br)cc1)c1cccc([N+](=O)[O-])c1. The molecule has 0 radical (unpaired) electrons. The van der Waals surface area contributed by atoms with Crippen molar-refractivity contribution >= 4 is 33.2 Å². The molecular formula is C16H14BrN3O3. The number of hydrazone groups is 1. The summed E-state index contributed by atoms with van der Waals surface area (Å²) in [6.45, 7) is 1.68. The average molecular weight is 376 g/mol. The van der Waals surface area contributed by atoms with Crippen LogP contribution < -0.4 is 5.43 Å². The van der Waals surface area contributed by atoms with Crippen molar-refractivity contribution in [3.8, 4) is 0 Å². The number of carbonyl (C=O) groups excluding carboxylic acids is 1. The van der Waals surface area contributed by atoms with Crippen molar-refractivity contribution in [2.75, 3.05) is 0 Å². The highest BCUT2D eigenvalue weighted by molar-refractivity contribution is 9.10. The van der Waals surface area contributed by atoms with Gasteiger partial charge in [0.05, 0.1) is 17.1 Å². The highest BCUT2D eigenvalue weighted by Gasteiger charge is 2.08. The molecule has 0 saturated carbocycles. The van der Waals surface area contributed by atoms with E-state index in [0.717, 1.165) is 10.0 Å². The number of non-ortho nitro benzene ring substituents is 1. The summed E-state index contributed by atoms with van der Waals surface area (Å²) in [5.41, 5.74) is 4.40. The van der Waals surface area contributed by atoms with Gasteiger partial charge in [0.15, 0.2) is 0 Å². The topological polar surface area (TPSA) is 84.6 Å². The normalized spacial score (nSPS) is 11.1. The summed E-state index contributed by atoms with van der Waals surface area (Å²) in [5, 5.41) is 14.8. The Morgan fingerprint density at radius 1 is 1.26 bits per heavy atom. The van der Waals surface area contributed by atoms with Gasteiger partial charge in [-0.15, -0.1) is 0 Å². The monoisotopic (exact) mass is 375 g/mol. The van der Waals surface area contributed by atoms with Crippen LogP contribution >= 0.6 is 15.9 Å². The summed E-state index contributed by atoms with van der Waals surface area (Å²) in [5.74, 6) is -0.253. The molecule has 23 heavy (non-hydrogen) atoms. The molecule has 6 nitrogen and oxygen atoms in total. The van der Waals surface area contributed by atoms with Gasteiger partial charge < -0.3 is 0 Å². The summed E-state index contributed by atoms with van der Waals surface area (Å²) >= 11 is 3.33.